The zero-order chi connectivity index (χ0) is 11.7. The monoisotopic (exact) mass is 237 g/mol. The third kappa shape index (κ3) is 1.65. The minimum absolute atomic E-state index is 0.147. The molecule has 0 aliphatic heterocycles. The number of hydrogen-bond acceptors (Lipinski definition) is 2. The first-order valence-electron chi connectivity index (χ1n) is 5.06. The van der Waals surface area contributed by atoms with E-state index in [2.05, 4.69) is 10.3 Å². The second kappa shape index (κ2) is 4.14. The molecule has 84 valence electrons. The maximum absolute atomic E-state index is 11.8. The van der Waals surface area contributed by atoms with Crippen LogP contribution in [-0.2, 0) is 6.42 Å². The first kappa shape index (κ1) is 11.0. The van der Waals surface area contributed by atoms with E-state index in [0.29, 0.717) is 17.1 Å². The molecule has 16 heavy (non-hydrogen) atoms. The number of carbonyl (C=O) groups is 1. The van der Waals surface area contributed by atoms with Gasteiger partial charge in [0.15, 0.2) is 0 Å². The van der Waals surface area contributed by atoms with Crippen molar-refractivity contribution in [1.29, 1.82) is 0 Å². The SMILES string of the molecule is CCc1nc2ccc(Cl)cn2c1C(=O)NC. The smallest absolute Gasteiger partial charge is 0.269 e. The van der Waals surface area contributed by atoms with Gasteiger partial charge in [0, 0.05) is 13.2 Å². The van der Waals surface area contributed by atoms with Crippen LogP contribution in [0, 0.1) is 0 Å². The molecule has 0 saturated heterocycles. The summed E-state index contributed by atoms with van der Waals surface area (Å²) in [5.74, 6) is -0.147. The summed E-state index contributed by atoms with van der Waals surface area (Å²) in [7, 11) is 1.60. The van der Waals surface area contributed by atoms with Gasteiger partial charge in [0.05, 0.1) is 10.7 Å². The fourth-order valence-corrected chi connectivity index (χ4v) is 1.83. The molecule has 0 fully saturated rings. The van der Waals surface area contributed by atoms with Crippen LogP contribution in [0.15, 0.2) is 18.3 Å². The highest BCUT2D eigenvalue weighted by Gasteiger charge is 2.16. The number of nitrogens with zero attached hydrogens (tertiary/aromatic N) is 2. The van der Waals surface area contributed by atoms with Gasteiger partial charge in [0.1, 0.15) is 11.3 Å². The van der Waals surface area contributed by atoms with Crippen LogP contribution in [0.4, 0.5) is 0 Å². The second-order valence-electron chi connectivity index (χ2n) is 3.42. The van der Waals surface area contributed by atoms with E-state index < -0.39 is 0 Å². The Labute approximate surface area is 98.2 Å². The van der Waals surface area contributed by atoms with Crippen LogP contribution >= 0.6 is 11.6 Å². The molecular formula is C11H12ClN3O. The number of nitrogens with one attached hydrogen (secondary N) is 1. The van der Waals surface area contributed by atoms with Gasteiger partial charge in [-0.05, 0) is 18.6 Å². The second-order valence-corrected chi connectivity index (χ2v) is 3.85. The molecule has 0 atom stereocenters. The van der Waals surface area contributed by atoms with E-state index in [0.717, 1.165) is 11.3 Å². The quantitative estimate of drug-likeness (QED) is 0.867. The third-order valence-electron chi connectivity index (χ3n) is 2.43. The lowest BCUT2D eigenvalue weighted by Gasteiger charge is -2.02. The number of carbonyl (C=O) groups excluding carboxylic acids is 1. The first-order valence-corrected chi connectivity index (χ1v) is 5.43. The van der Waals surface area contributed by atoms with E-state index in [-0.39, 0.29) is 5.91 Å². The van der Waals surface area contributed by atoms with E-state index >= 15 is 0 Å². The van der Waals surface area contributed by atoms with E-state index in [4.69, 9.17) is 11.6 Å². The minimum atomic E-state index is -0.147. The van der Waals surface area contributed by atoms with Crippen LogP contribution in [0.2, 0.25) is 5.02 Å². The van der Waals surface area contributed by atoms with Crippen molar-refractivity contribution in [3.05, 3.63) is 34.7 Å². The van der Waals surface area contributed by atoms with Crippen molar-refractivity contribution in [1.82, 2.24) is 14.7 Å². The maximum Gasteiger partial charge on any atom is 0.269 e. The van der Waals surface area contributed by atoms with Crippen LogP contribution in [0.5, 0.6) is 0 Å². The summed E-state index contributed by atoms with van der Waals surface area (Å²) in [5, 5.41) is 3.19. The van der Waals surface area contributed by atoms with Crippen LogP contribution in [0.3, 0.4) is 0 Å². The molecule has 2 heterocycles. The standard InChI is InChI=1S/C11H12ClN3O/c1-3-8-10(11(16)13-2)15-6-7(12)4-5-9(15)14-8/h4-6H,3H2,1-2H3,(H,13,16). The maximum atomic E-state index is 11.8. The Hall–Kier alpha value is -1.55. The van der Waals surface area contributed by atoms with Crippen LogP contribution in [-0.4, -0.2) is 22.3 Å². The number of rotatable bonds is 2. The Kier molecular flexibility index (Phi) is 2.83. The van der Waals surface area contributed by atoms with Crippen molar-refractivity contribution in [2.45, 2.75) is 13.3 Å². The largest absolute Gasteiger partial charge is 0.354 e. The van der Waals surface area contributed by atoms with Crippen LogP contribution in [0.25, 0.3) is 5.65 Å². The molecule has 5 heteroatoms. The molecule has 0 bridgehead atoms. The lowest BCUT2D eigenvalue weighted by molar-refractivity contribution is 0.0956. The molecule has 0 unspecified atom stereocenters. The molecule has 0 radical (unpaired) electrons. The molecule has 1 amide bonds. The summed E-state index contributed by atoms with van der Waals surface area (Å²) in [6, 6.07) is 3.56. The van der Waals surface area contributed by atoms with Gasteiger partial charge >= 0.3 is 0 Å². The van der Waals surface area contributed by atoms with E-state index in [1.54, 1.807) is 29.8 Å². The fourth-order valence-electron chi connectivity index (χ4n) is 1.67. The van der Waals surface area contributed by atoms with Crippen molar-refractivity contribution in [3.63, 3.8) is 0 Å². The number of fused-ring (bicyclic) bond motifs is 1. The molecule has 0 spiro atoms. The van der Waals surface area contributed by atoms with Gasteiger partial charge in [-0.3, -0.25) is 9.20 Å². The number of aryl methyl sites for hydroxylation is 1. The Balaban J connectivity index is 2.75. The zero-order valence-corrected chi connectivity index (χ0v) is 9.88. The minimum Gasteiger partial charge on any atom is -0.354 e. The number of pyridine rings is 1. The Bertz CT molecular complexity index is 547. The fraction of sp³-hybridized carbons (Fsp3) is 0.273. The molecule has 0 aliphatic carbocycles. The summed E-state index contributed by atoms with van der Waals surface area (Å²) in [4.78, 5) is 16.1. The van der Waals surface area contributed by atoms with E-state index in [1.165, 1.54) is 0 Å². The molecular weight excluding hydrogens is 226 g/mol. The number of halogens is 1. The van der Waals surface area contributed by atoms with Gasteiger partial charge in [0.25, 0.3) is 5.91 Å². The lowest BCUT2D eigenvalue weighted by atomic mass is 10.2. The lowest BCUT2D eigenvalue weighted by Crippen LogP contribution is -2.21. The molecule has 4 nitrogen and oxygen atoms in total. The molecule has 2 aromatic heterocycles. The highest BCUT2D eigenvalue weighted by molar-refractivity contribution is 6.30. The van der Waals surface area contributed by atoms with Crippen molar-refractivity contribution < 1.29 is 4.79 Å². The zero-order valence-electron chi connectivity index (χ0n) is 9.12. The van der Waals surface area contributed by atoms with Crippen LogP contribution in [0.1, 0.15) is 23.1 Å². The highest BCUT2D eigenvalue weighted by atomic mass is 35.5. The van der Waals surface area contributed by atoms with Gasteiger partial charge < -0.3 is 5.32 Å². The van der Waals surface area contributed by atoms with Crippen LogP contribution < -0.4 is 5.32 Å². The van der Waals surface area contributed by atoms with Crippen molar-refractivity contribution >= 4 is 23.2 Å². The Morgan fingerprint density at radius 2 is 2.31 bits per heavy atom. The Morgan fingerprint density at radius 1 is 1.56 bits per heavy atom. The van der Waals surface area contributed by atoms with Crippen molar-refractivity contribution in [3.8, 4) is 0 Å². The van der Waals surface area contributed by atoms with Crippen molar-refractivity contribution in [2.24, 2.45) is 0 Å². The van der Waals surface area contributed by atoms with Crippen molar-refractivity contribution in [2.75, 3.05) is 7.05 Å². The summed E-state index contributed by atoms with van der Waals surface area (Å²) in [6.45, 7) is 1.97. The number of aromatic nitrogens is 2. The summed E-state index contributed by atoms with van der Waals surface area (Å²) < 4.78 is 1.72. The molecule has 0 aliphatic rings. The normalized spacial score (nSPS) is 10.7. The Morgan fingerprint density at radius 3 is 2.94 bits per heavy atom. The highest BCUT2D eigenvalue weighted by Crippen LogP contribution is 2.17. The predicted octanol–water partition coefficient (Wildman–Crippen LogP) is 1.91. The topological polar surface area (TPSA) is 46.4 Å². The summed E-state index contributed by atoms with van der Waals surface area (Å²) >= 11 is 5.91. The van der Waals surface area contributed by atoms with Gasteiger partial charge in [0.2, 0.25) is 0 Å². The average Bonchev–Trinajstić information content (AvgIpc) is 2.65. The number of amides is 1. The average molecular weight is 238 g/mol. The number of imidazole rings is 1. The molecule has 0 aromatic carbocycles. The van der Waals surface area contributed by atoms with Gasteiger partial charge in [-0.25, -0.2) is 4.98 Å². The van der Waals surface area contributed by atoms with Gasteiger partial charge in [-0.2, -0.15) is 0 Å². The van der Waals surface area contributed by atoms with E-state index in [9.17, 15) is 4.79 Å². The predicted molar refractivity (Wildman–Crippen MR) is 63.0 cm³/mol. The molecule has 2 rings (SSSR count). The summed E-state index contributed by atoms with van der Waals surface area (Å²) in [5.41, 5.74) is 2.07. The number of hydrogen-bond donors (Lipinski definition) is 1. The van der Waals surface area contributed by atoms with Gasteiger partial charge in [-0.1, -0.05) is 18.5 Å². The van der Waals surface area contributed by atoms with E-state index in [1.807, 2.05) is 6.92 Å². The molecule has 2 aromatic rings. The first-order chi connectivity index (χ1) is 7.67. The third-order valence-corrected chi connectivity index (χ3v) is 2.66. The molecule has 1 N–H and O–H groups in total. The molecule has 0 saturated carbocycles. The summed E-state index contributed by atoms with van der Waals surface area (Å²) in [6.07, 6.45) is 2.41. The van der Waals surface area contributed by atoms with Gasteiger partial charge in [-0.15, -0.1) is 0 Å².